The molecule has 9 nitrogen and oxygen atoms in total. The molecule has 2 fully saturated rings. The second-order valence-corrected chi connectivity index (χ2v) is 16.1. The van der Waals surface area contributed by atoms with Gasteiger partial charge in [-0.05, 0) is 73.9 Å². The van der Waals surface area contributed by atoms with Gasteiger partial charge in [-0.2, -0.15) is 0 Å². The molecule has 2 saturated carbocycles. The van der Waals surface area contributed by atoms with E-state index in [1.54, 1.807) is 36.4 Å². The van der Waals surface area contributed by atoms with Gasteiger partial charge >= 0.3 is 11.9 Å². The van der Waals surface area contributed by atoms with E-state index in [1.807, 2.05) is 12.1 Å². The number of ketones is 2. The Bertz CT molecular complexity index is 1860. The summed E-state index contributed by atoms with van der Waals surface area (Å²) in [7, 11) is 0. The number of hydrogen-bond donors (Lipinski definition) is 0. The lowest BCUT2D eigenvalue weighted by Gasteiger charge is -2.34. The molecule has 2 aliphatic carbocycles. The number of esters is 2. The summed E-state index contributed by atoms with van der Waals surface area (Å²) < 4.78 is 39.3. The minimum absolute atomic E-state index is 0. The van der Waals surface area contributed by atoms with Crippen molar-refractivity contribution >= 4 is 46.2 Å². The fraction of sp³-hybridized carbons (Fsp3) is 0.400. The maximum Gasteiger partial charge on any atom is 0.308 e. The molecule has 4 aliphatic rings. The maximum absolute atomic E-state index is 14.4. The Balaban J connectivity index is 0.000000178. The summed E-state index contributed by atoms with van der Waals surface area (Å²) in [5, 5.41) is 1.17. The average Bonchev–Trinajstić information content (AvgIpc) is 4.04. The predicted octanol–water partition coefficient (Wildman–Crippen LogP) is 6.96. The van der Waals surface area contributed by atoms with Gasteiger partial charge in [-0.25, -0.2) is 8.78 Å². The van der Waals surface area contributed by atoms with Crippen molar-refractivity contribution in [2.24, 2.45) is 11.8 Å². The molecule has 8 rings (SSSR count). The van der Waals surface area contributed by atoms with E-state index in [-0.39, 0.29) is 52.5 Å². The van der Waals surface area contributed by atoms with Crippen LogP contribution >= 0.6 is 22.7 Å². The average molecular weight is 765 g/mol. The van der Waals surface area contributed by atoms with Crippen LogP contribution in [0.3, 0.4) is 0 Å². The summed E-state index contributed by atoms with van der Waals surface area (Å²) in [5.74, 6) is -0.989. The zero-order valence-electron chi connectivity index (χ0n) is 29.6. The Hall–Kier alpha value is -4.14. The topological polar surface area (TPSA) is 125 Å². The van der Waals surface area contributed by atoms with Gasteiger partial charge in [0.2, 0.25) is 0 Å². The summed E-state index contributed by atoms with van der Waals surface area (Å²) >= 11 is 2.95. The second-order valence-electron chi connectivity index (χ2n) is 13.9. The van der Waals surface area contributed by atoms with E-state index in [0.717, 1.165) is 49.7 Å². The molecule has 0 spiro atoms. The Morgan fingerprint density at radius 1 is 0.660 bits per heavy atom. The first-order chi connectivity index (χ1) is 25.0. The van der Waals surface area contributed by atoms with Crippen molar-refractivity contribution in [3.05, 3.63) is 104 Å². The van der Waals surface area contributed by atoms with Crippen LogP contribution in [0, 0.1) is 23.5 Å². The number of carbonyl (C=O) groups excluding carboxylic acids is 4. The van der Waals surface area contributed by atoms with Crippen LogP contribution in [-0.4, -0.2) is 51.9 Å². The molecule has 4 aromatic rings. The molecule has 2 N–H and O–H groups in total. The van der Waals surface area contributed by atoms with Gasteiger partial charge in [0.1, 0.15) is 11.6 Å². The Kier molecular flexibility index (Phi) is 12.0. The van der Waals surface area contributed by atoms with Gasteiger partial charge < -0.3 is 14.9 Å². The molecule has 2 unspecified atom stereocenters. The molecule has 0 radical (unpaired) electrons. The minimum Gasteiger partial charge on any atom is -0.416 e. The Morgan fingerprint density at radius 3 is 1.38 bits per heavy atom. The molecule has 0 amide bonds. The lowest BCUT2D eigenvalue weighted by molar-refractivity contribution is -0.132. The van der Waals surface area contributed by atoms with E-state index in [4.69, 9.17) is 9.47 Å². The summed E-state index contributed by atoms with van der Waals surface area (Å²) in [4.78, 5) is 54.7. The number of nitrogens with zero attached hydrogens (tertiary/aromatic N) is 2. The lowest BCUT2D eigenvalue weighted by atomic mass is 9.95. The van der Waals surface area contributed by atoms with Crippen LogP contribution in [0.25, 0.3) is 0 Å². The normalized spacial score (nSPS) is 17.9. The highest BCUT2D eigenvalue weighted by molar-refractivity contribution is 7.14. The number of Topliss-reactive ketones (excluding diaryl/α,β-unsaturated/α-hetero) is 2. The van der Waals surface area contributed by atoms with Crippen LogP contribution in [-0.2, 0) is 45.1 Å². The van der Waals surface area contributed by atoms with Crippen LogP contribution in [0.2, 0.25) is 0 Å². The number of thiophene rings is 2. The third-order valence-corrected chi connectivity index (χ3v) is 12.1. The van der Waals surface area contributed by atoms with Crippen LogP contribution < -0.4 is 9.47 Å². The highest BCUT2D eigenvalue weighted by Crippen LogP contribution is 2.43. The number of hydrogen-bond acceptors (Lipinski definition) is 10. The van der Waals surface area contributed by atoms with Gasteiger partial charge in [0.15, 0.2) is 21.7 Å². The second kappa shape index (κ2) is 16.5. The summed E-state index contributed by atoms with van der Waals surface area (Å²) in [6.07, 6.45) is 5.14. The number of fused-ring (bicyclic) bond motifs is 2. The van der Waals surface area contributed by atoms with Crippen molar-refractivity contribution in [3.63, 3.8) is 0 Å². The van der Waals surface area contributed by atoms with Gasteiger partial charge in [0.05, 0.1) is 12.1 Å². The fourth-order valence-corrected chi connectivity index (χ4v) is 9.22. The SMILES string of the molecule is CC(=O)Oc1cc2c(s1)CCN(C(C(=O)C1CC1)c1ccccc1F)C2.CC(=O)Oc1cc2c(s1)CCN(C(C(=O)C1CC1)c1ccccc1F)C2.O. The number of benzene rings is 2. The fourth-order valence-electron chi connectivity index (χ4n) is 7.12. The molecule has 53 heavy (non-hydrogen) atoms. The highest BCUT2D eigenvalue weighted by atomic mass is 32.1. The first-order valence-electron chi connectivity index (χ1n) is 17.7. The third kappa shape index (κ3) is 8.98. The molecular weight excluding hydrogens is 723 g/mol. The smallest absolute Gasteiger partial charge is 0.308 e. The van der Waals surface area contributed by atoms with E-state index < -0.39 is 12.1 Å². The first-order valence-corrected chi connectivity index (χ1v) is 19.3. The molecular formula is C40H42F2N2O7S2. The zero-order valence-corrected chi connectivity index (χ0v) is 31.2. The van der Waals surface area contributed by atoms with Gasteiger partial charge in [-0.3, -0.25) is 29.0 Å². The predicted molar refractivity (Wildman–Crippen MR) is 197 cm³/mol. The van der Waals surface area contributed by atoms with Crippen LogP contribution in [0.1, 0.15) is 83.6 Å². The van der Waals surface area contributed by atoms with E-state index in [2.05, 4.69) is 9.80 Å². The van der Waals surface area contributed by atoms with Crippen molar-refractivity contribution < 1.29 is 42.9 Å². The zero-order chi connectivity index (χ0) is 36.5. The molecule has 2 atom stereocenters. The van der Waals surface area contributed by atoms with Gasteiger partial charge in [0, 0.05) is 72.7 Å². The minimum atomic E-state index is -0.547. The van der Waals surface area contributed by atoms with Crippen LogP contribution in [0.4, 0.5) is 8.78 Å². The molecule has 4 heterocycles. The highest BCUT2D eigenvalue weighted by Gasteiger charge is 2.42. The number of ether oxygens (including phenoxy) is 2. The lowest BCUT2D eigenvalue weighted by Crippen LogP contribution is -2.38. The van der Waals surface area contributed by atoms with E-state index in [0.29, 0.717) is 47.4 Å². The number of carbonyl (C=O) groups is 4. The van der Waals surface area contributed by atoms with Crippen molar-refractivity contribution in [1.82, 2.24) is 9.80 Å². The standard InChI is InChI=1S/2C20H20FNO3S.H2O/c2*1-12(23)25-18-10-14-11-22(9-8-17(14)26-18)19(20(24)13-6-7-13)15-4-2-3-5-16(15)21;/h2*2-5,10,13,19H,6-9,11H2,1H3;1H2. The largest absolute Gasteiger partial charge is 0.416 e. The first kappa shape index (κ1) is 38.6. The maximum atomic E-state index is 14.4. The molecule has 0 bridgehead atoms. The summed E-state index contributed by atoms with van der Waals surface area (Å²) in [5.41, 5.74) is 3.04. The number of halogens is 2. The van der Waals surface area contributed by atoms with Crippen molar-refractivity contribution in [1.29, 1.82) is 0 Å². The quantitative estimate of drug-likeness (QED) is 0.159. The third-order valence-electron chi connectivity index (χ3n) is 9.86. The van der Waals surface area contributed by atoms with E-state index in [9.17, 15) is 28.0 Å². The molecule has 2 aliphatic heterocycles. The molecule has 280 valence electrons. The molecule has 0 saturated heterocycles. The molecule has 2 aromatic heterocycles. The molecule has 2 aromatic carbocycles. The summed E-state index contributed by atoms with van der Waals surface area (Å²) in [6, 6.07) is 15.8. The van der Waals surface area contributed by atoms with E-state index in [1.165, 1.54) is 58.4 Å². The number of rotatable bonds is 10. The Labute approximate surface area is 314 Å². The van der Waals surface area contributed by atoms with Gasteiger partial charge in [0.25, 0.3) is 0 Å². The molecule has 13 heteroatoms. The van der Waals surface area contributed by atoms with Crippen molar-refractivity contribution in [3.8, 4) is 10.1 Å². The van der Waals surface area contributed by atoms with Crippen molar-refractivity contribution in [2.45, 2.75) is 77.5 Å². The monoisotopic (exact) mass is 764 g/mol. The van der Waals surface area contributed by atoms with Crippen LogP contribution in [0.15, 0.2) is 60.7 Å². The van der Waals surface area contributed by atoms with Gasteiger partial charge in [-0.1, -0.05) is 36.4 Å². The van der Waals surface area contributed by atoms with E-state index >= 15 is 0 Å². The van der Waals surface area contributed by atoms with Crippen molar-refractivity contribution in [2.75, 3.05) is 13.1 Å². The summed E-state index contributed by atoms with van der Waals surface area (Å²) in [6.45, 7) is 5.26. The Morgan fingerprint density at radius 2 is 1.04 bits per heavy atom. The van der Waals surface area contributed by atoms with Gasteiger partial charge in [-0.15, -0.1) is 22.7 Å². The van der Waals surface area contributed by atoms with Crippen LogP contribution in [0.5, 0.6) is 10.1 Å².